The van der Waals surface area contributed by atoms with Crippen LogP contribution in [-0.2, 0) is 19.4 Å². The molecule has 0 amide bonds. The molecule has 1 aromatic carbocycles. The van der Waals surface area contributed by atoms with Crippen LogP contribution in [0.3, 0.4) is 0 Å². The van der Waals surface area contributed by atoms with E-state index in [1.807, 2.05) is 6.07 Å². The van der Waals surface area contributed by atoms with Crippen LogP contribution in [0.5, 0.6) is 0 Å². The van der Waals surface area contributed by atoms with Crippen LogP contribution in [0.1, 0.15) is 33.7 Å². The molecule has 0 radical (unpaired) electrons. The average Bonchev–Trinajstić information content (AvgIpc) is 2.53. The van der Waals surface area contributed by atoms with E-state index in [0.717, 1.165) is 25.0 Å². The van der Waals surface area contributed by atoms with Crippen molar-refractivity contribution in [3.05, 3.63) is 65.0 Å². The molecule has 0 fully saturated rings. The van der Waals surface area contributed by atoms with Crippen molar-refractivity contribution < 1.29 is 9.90 Å². The highest BCUT2D eigenvalue weighted by atomic mass is 16.4. The van der Waals surface area contributed by atoms with Gasteiger partial charge >= 0.3 is 5.97 Å². The van der Waals surface area contributed by atoms with Gasteiger partial charge in [0.1, 0.15) is 5.69 Å². The van der Waals surface area contributed by atoms with E-state index >= 15 is 0 Å². The summed E-state index contributed by atoms with van der Waals surface area (Å²) in [5.74, 6) is -0.983. The topological polar surface area (TPSA) is 62.2 Å². The number of hydrogen-bond donors (Lipinski definition) is 2. The van der Waals surface area contributed by atoms with Gasteiger partial charge in [0.15, 0.2) is 0 Å². The Morgan fingerprint density at radius 2 is 2.00 bits per heavy atom. The highest BCUT2D eigenvalue weighted by Crippen LogP contribution is 2.21. The molecule has 1 aliphatic carbocycles. The summed E-state index contributed by atoms with van der Waals surface area (Å²) in [6.45, 7) is 0.605. The molecule has 108 valence electrons. The first-order valence-electron chi connectivity index (χ1n) is 7.22. The Labute approximate surface area is 123 Å². The average molecular weight is 282 g/mol. The molecule has 3 rings (SSSR count). The predicted octanol–water partition coefficient (Wildman–Crippen LogP) is 2.43. The Bertz CT molecular complexity index is 655. The van der Waals surface area contributed by atoms with Crippen LogP contribution >= 0.6 is 0 Å². The van der Waals surface area contributed by atoms with Gasteiger partial charge in [-0.1, -0.05) is 30.3 Å². The number of aryl methyl sites for hydroxylation is 1. The van der Waals surface area contributed by atoms with Crippen LogP contribution in [-0.4, -0.2) is 22.1 Å². The third-order valence-electron chi connectivity index (χ3n) is 3.94. The van der Waals surface area contributed by atoms with Gasteiger partial charge < -0.3 is 10.4 Å². The zero-order valence-corrected chi connectivity index (χ0v) is 11.7. The van der Waals surface area contributed by atoms with Crippen molar-refractivity contribution in [2.24, 2.45) is 0 Å². The first-order chi connectivity index (χ1) is 10.2. The summed E-state index contributed by atoms with van der Waals surface area (Å²) in [4.78, 5) is 15.1. The molecular formula is C17H18N2O2. The number of carboxylic acid groups (broad SMARTS) is 1. The summed E-state index contributed by atoms with van der Waals surface area (Å²) >= 11 is 0. The van der Waals surface area contributed by atoms with Gasteiger partial charge in [0.2, 0.25) is 0 Å². The summed E-state index contributed by atoms with van der Waals surface area (Å²) in [5, 5.41) is 12.4. The van der Waals surface area contributed by atoms with Gasteiger partial charge in [-0.2, -0.15) is 0 Å². The minimum absolute atomic E-state index is 0.100. The highest BCUT2D eigenvalue weighted by Gasteiger charge is 2.17. The normalized spacial score (nSPS) is 17.2. The lowest BCUT2D eigenvalue weighted by Crippen LogP contribution is -2.34. The van der Waals surface area contributed by atoms with Crippen molar-refractivity contribution in [2.45, 2.75) is 31.8 Å². The van der Waals surface area contributed by atoms with Gasteiger partial charge in [-0.05, 0) is 42.5 Å². The fourth-order valence-electron chi connectivity index (χ4n) is 2.82. The molecule has 0 saturated carbocycles. The van der Waals surface area contributed by atoms with Crippen molar-refractivity contribution in [1.29, 1.82) is 0 Å². The van der Waals surface area contributed by atoms with E-state index in [0.29, 0.717) is 12.6 Å². The van der Waals surface area contributed by atoms with Crippen molar-refractivity contribution in [2.75, 3.05) is 0 Å². The Morgan fingerprint density at radius 1 is 1.19 bits per heavy atom. The summed E-state index contributed by atoms with van der Waals surface area (Å²) < 4.78 is 0. The van der Waals surface area contributed by atoms with Crippen LogP contribution in [0.4, 0.5) is 0 Å². The molecule has 4 heteroatoms. The molecule has 1 atom stereocenters. The number of hydrogen-bond acceptors (Lipinski definition) is 3. The maximum Gasteiger partial charge on any atom is 0.354 e. The fourth-order valence-corrected chi connectivity index (χ4v) is 2.82. The minimum atomic E-state index is -0.983. The first-order valence-corrected chi connectivity index (χ1v) is 7.22. The van der Waals surface area contributed by atoms with E-state index in [4.69, 9.17) is 5.11 Å². The molecule has 1 unspecified atom stereocenters. The molecule has 0 aliphatic heterocycles. The number of aromatic carboxylic acids is 1. The van der Waals surface area contributed by atoms with Crippen LogP contribution < -0.4 is 5.32 Å². The maximum absolute atomic E-state index is 10.9. The SMILES string of the molecule is O=C(O)c1cccc(CNC2CCc3ccccc3C2)n1. The first kappa shape index (κ1) is 13.8. The van der Waals surface area contributed by atoms with Crippen molar-refractivity contribution >= 4 is 5.97 Å². The van der Waals surface area contributed by atoms with E-state index in [-0.39, 0.29) is 5.69 Å². The third-order valence-corrected chi connectivity index (χ3v) is 3.94. The Hall–Kier alpha value is -2.20. The van der Waals surface area contributed by atoms with Crippen LogP contribution in [0.2, 0.25) is 0 Å². The Balaban J connectivity index is 1.61. The van der Waals surface area contributed by atoms with E-state index in [9.17, 15) is 4.79 Å². The van der Waals surface area contributed by atoms with Gasteiger partial charge in [-0.15, -0.1) is 0 Å². The van der Waals surface area contributed by atoms with Crippen molar-refractivity contribution in [3.8, 4) is 0 Å². The summed E-state index contributed by atoms with van der Waals surface area (Å²) in [6, 6.07) is 14.1. The number of carboxylic acids is 1. The van der Waals surface area contributed by atoms with Crippen LogP contribution in [0.25, 0.3) is 0 Å². The van der Waals surface area contributed by atoms with Gasteiger partial charge in [0.25, 0.3) is 0 Å². The van der Waals surface area contributed by atoms with E-state index in [1.54, 1.807) is 6.07 Å². The maximum atomic E-state index is 10.9. The molecule has 21 heavy (non-hydrogen) atoms. The number of pyridine rings is 1. The van der Waals surface area contributed by atoms with Crippen molar-refractivity contribution in [1.82, 2.24) is 10.3 Å². The second-order valence-corrected chi connectivity index (χ2v) is 5.41. The second kappa shape index (κ2) is 6.06. The minimum Gasteiger partial charge on any atom is -0.477 e. The number of nitrogens with zero attached hydrogens (tertiary/aromatic N) is 1. The highest BCUT2D eigenvalue weighted by molar-refractivity contribution is 5.85. The number of benzene rings is 1. The molecule has 0 spiro atoms. The number of nitrogens with one attached hydrogen (secondary N) is 1. The molecule has 2 N–H and O–H groups in total. The molecule has 2 aromatic rings. The Kier molecular flexibility index (Phi) is 3.97. The van der Waals surface area contributed by atoms with Gasteiger partial charge in [-0.25, -0.2) is 9.78 Å². The summed E-state index contributed by atoms with van der Waals surface area (Å²) in [6.07, 6.45) is 3.22. The second-order valence-electron chi connectivity index (χ2n) is 5.41. The van der Waals surface area contributed by atoms with E-state index in [2.05, 4.69) is 34.6 Å². The lowest BCUT2D eigenvalue weighted by Gasteiger charge is -2.25. The molecule has 4 nitrogen and oxygen atoms in total. The number of carbonyl (C=O) groups is 1. The Morgan fingerprint density at radius 3 is 2.81 bits per heavy atom. The number of aromatic nitrogens is 1. The standard InChI is InChI=1S/C17H18N2O2/c20-17(21)16-7-3-6-15(19-16)11-18-14-9-8-12-4-1-2-5-13(12)10-14/h1-7,14,18H,8-11H2,(H,20,21). The smallest absolute Gasteiger partial charge is 0.354 e. The molecule has 0 bridgehead atoms. The quantitative estimate of drug-likeness (QED) is 0.904. The lowest BCUT2D eigenvalue weighted by atomic mass is 9.88. The zero-order valence-electron chi connectivity index (χ0n) is 11.7. The third kappa shape index (κ3) is 3.28. The summed E-state index contributed by atoms with van der Waals surface area (Å²) in [7, 11) is 0. The van der Waals surface area contributed by atoms with Gasteiger partial charge in [0, 0.05) is 12.6 Å². The van der Waals surface area contributed by atoms with Gasteiger partial charge in [0.05, 0.1) is 5.69 Å². The largest absolute Gasteiger partial charge is 0.477 e. The lowest BCUT2D eigenvalue weighted by molar-refractivity contribution is 0.0690. The monoisotopic (exact) mass is 282 g/mol. The zero-order chi connectivity index (χ0) is 14.7. The van der Waals surface area contributed by atoms with Crippen molar-refractivity contribution in [3.63, 3.8) is 0 Å². The number of fused-ring (bicyclic) bond motifs is 1. The molecule has 1 aromatic heterocycles. The van der Waals surface area contributed by atoms with Crippen LogP contribution in [0, 0.1) is 0 Å². The fraction of sp³-hybridized carbons (Fsp3) is 0.294. The predicted molar refractivity (Wildman–Crippen MR) is 80.3 cm³/mol. The van der Waals surface area contributed by atoms with E-state index < -0.39 is 5.97 Å². The molecule has 1 heterocycles. The summed E-state index contributed by atoms with van der Waals surface area (Å²) in [5.41, 5.74) is 3.73. The molecule has 0 saturated heterocycles. The molecule has 1 aliphatic rings. The van der Waals surface area contributed by atoms with Gasteiger partial charge in [-0.3, -0.25) is 0 Å². The molecular weight excluding hydrogens is 264 g/mol. The van der Waals surface area contributed by atoms with E-state index in [1.165, 1.54) is 17.2 Å². The number of rotatable bonds is 4. The van der Waals surface area contributed by atoms with Crippen LogP contribution in [0.15, 0.2) is 42.5 Å².